The van der Waals surface area contributed by atoms with Gasteiger partial charge in [0.25, 0.3) is 0 Å². The maximum Gasteiger partial charge on any atom is 0.194 e. The first-order valence-electron chi connectivity index (χ1n) is 2.20. The van der Waals surface area contributed by atoms with Gasteiger partial charge in [-0.3, -0.25) is 4.79 Å². The first kappa shape index (κ1) is 5.03. The normalized spacial score (nSPS) is 25.5. The number of hydrogen-bond acceptors (Lipinski definition) is 3. The molecule has 42 valence electrons. The van der Waals surface area contributed by atoms with E-state index in [4.69, 9.17) is 5.41 Å². The molecule has 0 bridgehead atoms. The summed E-state index contributed by atoms with van der Waals surface area (Å²) in [6.07, 6.45) is 2.76. The van der Waals surface area contributed by atoms with Gasteiger partial charge in [0.2, 0.25) is 0 Å². The van der Waals surface area contributed by atoms with E-state index < -0.39 is 6.10 Å². The van der Waals surface area contributed by atoms with Gasteiger partial charge in [-0.25, -0.2) is 0 Å². The molecule has 0 radical (unpaired) electrons. The average Bonchev–Trinajstić information content (AvgIpc) is 2.14. The van der Waals surface area contributed by atoms with Crippen molar-refractivity contribution in [1.82, 2.24) is 0 Å². The Morgan fingerprint density at radius 1 is 1.88 bits per heavy atom. The van der Waals surface area contributed by atoms with Gasteiger partial charge in [0.05, 0.1) is 12.0 Å². The van der Waals surface area contributed by atoms with Gasteiger partial charge < -0.3 is 10.1 Å². The van der Waals surface area contributed by atoms with Crippen LogP contribution in [0.25, 0.3) is 0 Å². The molecule has 1 aliphatic rings. The zero-order valence-corrected chi connectivity index (χ0v) is 4.13. The van der Waals surface area contributed by atoms with Crippen molar-refractivity contribution in [3.05, 3.63) is 12.3 Å². The lowest BCUT2D eigenvalue weighted by Gasteiger charge is -1.97. The van der Waals surface area contributed by atoms with E-state index in [2.05, 4.69) is 4.74 Å². The highest BCUT2D eigenvalue weighted by Crippen LogP contribution is 2.00. The number of carbonyl (C=O) groups excluding carboxylic acids is 1. The van der Waals surface area contributed by atoms with Crippen LogP contribution in [0.3, 0.4) is 0 Å². The SMILES string of the molecule is N=C1C=COC1C=O. The smallest absolute Gasteiger partial charge is 0.194 e. The van der Waals surface area contributed by atoms with Gasteiger partial charge in [0.1, 0.15) is 0 Å². The van der Waals surface area contributed by atoms with E-state index in [0.717, 1.165) is 0 Å². The van der Waals surface area contributed by atoms with Gasteiger partial charge in [0.15, 0.2) is 12.4 Å². The maximum atomic E-state index is 9.91. The molecule has 8 heavy (non-hydrogen) atoms. The molecule has 1 atom stereocenters. The van der Waals surface area contributed by atoms with Gasteiger partial charge >= 0.3 is 0 Å². The fourth-order valence-corrected chi connectivity index (χ4v) is 0.471. The summed E-state index contributed by atoms with van der Waals surface area (Å²) in [4.78, 5) is 9.91. The maximum absolute atomic E-state index is 9.91. The minimum absolute atomic E-state index is 0.222. The van der Waals surface area contributed by atoms with E-state index in [9.17, 15) is 4.79 Å². The van der Waals surface area contributed by atoms with Crippen molar-refractivity contribution in [3.8, 4) is 0 Å². The highest BCUT2D eigenvalue weighted by Gasteiger charge is 2.14. The molecule has 0 saturated heterocycles. The fourth-order valence-electron chi connectivity index (χ4n) is 0.471. The van der Waals surface area contributed by atoms with Gasteiger partial charge in [-0.05, 0) is 6.08 Å². The minimum Gasteiger partial charge on any atom is -0.484 e. The second-order valence-electron chi connectivity index (χ2n) is 1.45. The number of nitrogens with one attached hydrogen (secondary N) is 1. The lowest BCUT2D eigenvalue weighted by Crippen LogP contribution is -2.15. The summed E-state index contributed by atoms with van der Waals surface area (Å²) >= 11 is 0. The highest BCUT2D eigenvalue weighted by atomic mass is 16.5. The molecular weight excluding hydrogens is 106 g/mol. The van der Waals surface area contributed by atoms with E-state index in [0.29, 0.717) is 6.29 Å². The second kappa shape index (κ2) is 1.78. The van der Waals surface area contributed by atoms with Gasteiger partial charge in [-0.2, -0.15) is 0 Å². The molecule has 1 unspecified atom stereocenters. The predicted octanol–water partition coefficient (Wildman–Crippen LogP) is 0.118. The lowest BCUT2D eigenvalue weighted by molar-refractivity contribution is -0.112. The van der Waals surface area contributed by atoms with Crippen LogP contribution in [0.15, 0.2) is 12.3 Å². The number of aldehydes is 1. The fraction of sp³-hybridized carbons (Fsp3) is 0.200. The molecule has 0 aromatic rings. The van der Waals surface area contributed by atoms with E-state index in [-0.39, 0.29) is 5.71 Å². The van der Waals surface area contributed by atoms with Crippen LogP contribution in [0.4, 0.5) is 0 Å². The molecule has 1 aliphatic heterocycles. The Morgan fingerprint density at radius 2 is 2.62 bits per heavy atom. The Balaban J connectivity index is 2.63. The topological polar surface area (TPSA) is 50.1 Å². The van der Waals surface area contributed by atoms with Crippen molar-refractivity contribution < 1.29 is 9.53 Å². The molecule has 0 aliphatic carbocycles. The van der Waals surface area contributed by atoms with Gasteiger partial charge in [-0.15, -0.1) is 0 Å². The molecular formula is C5H5NO2. The van der Waals surface area contributed by atoms with Crippen molar-refractivity contribution in [3.63, 3.8) is 0 Å². The molecule has 1 N–H and O–H groups in total. The first-order chi connectivity index (χ1) is 3.84. The zero-order valence-electron chi connectivity index (χ0n) is 4.13. The van der Waals surface area contributed by atoms with Crippen molar-refractivity contribution in [2.75, 3.05) is 0 Å². The average molecular weight is 111 g/mol. The molecule has 0 amide bonds. The van der Waals surface area contributed by atoms with Crippen LogP contribution in [-0.2, 0) is 9.53 Å². The van der Waals surface area contributed by atoms with Crippen LogP contribution in [0.2, 0.25) is 0 Å². The third-order valence-electron chi connectivity index (χ3n) is 0.903. The van der Waals surface area contributed by atoms with E-state index >= 15 is 0 Å². The largest absolute Gasteiger partial charge is 0.484 e. The van der Waals surface area contributed by atoms with E-state index in [1.54, 1.807) is 0 Å². The minimum atomic E-state index is -0.644. The lowest BCUT2D eigenvalue weighted by atomic mass is 10.3. The van der Waals surface area contributed by atoms with Crippen LogP contribution >= 0.6 is 0 Å². The molecule has 0 aromatic heterocycles. The van der Waals surface area contributed by atoms with E-state index in [1.165, 1.54) is 12.3 Å². The highest BCUT2D eigenvalue weighted by molar-refractivity contribution is 6.06. The molecule has 0 fully saturated rings. The third kappa shape index (κ3) is 0.621. The van der Waals surface area contributed by atoms with Crippen molar-refractivity contribution in [1.29, 1.82) is 5.41 Å². The zero-order chi connectivity index (χ0) is 5.98. The molecule has 1 rings (SSSR count). The van der Waals surface area contributed by atoms with E-state index in [1.807, 2.05) is 0 Å². The molecule has 0 saturated carbocycles. The third-order valence-corrected chi connectivity index (χ3v) is 0.903. The monoisotopic (exact) mass is 111 g/mol. The summed E-state index contributed by atoms with van der Waals surface area (Å²) in [6, 6.07) is 0. The Bertz CT molecular complexity index is 151. The standard InChI is InChI=1S/C5H5NO2/c6-4-1-2-8-5(4)3-7/h1-3,5-6H. The summed E-state index contributed by atoms with van der Waals surface area (Å²) in [5.41, 5.74) is 0.222. The predicted molar refractivity (Wildman–Crippen MR) is 27.8 cm³/mol. The second-order valence-corrected chi connectivity index (χ2v) is 1.45. The number of rotatable bonds is 1. The molecule has 3 heteroatoms. The van der Waals surface area contributed by atoms with Crippen LogP contribution in [0.5, 0.6) is 0 Å². The van der Waals surface area contributed by atoms with Gasteiger partial charge in [0, 0.05) is 0 Å². The van der Waals surface area contributed by atoms with Crippen LogP contribution < -0.4 is 0 Å². The molecule has 0 spiro atoms. The number of ether oxygens (including phenoxy) is 1. The summed E-state index contributed by atoms with van der Waals surface area (Å²) < 4.78 is 4.64. The summed E-state index contributed by atoms with van der Waals surface area (Å²) in [5, 5.41) is 6.96. The Morgan fingerprint density at radius 3 is 2.88 bits per heavy atom. The summed E-state index contributed by atoms with van der Waals surface area (Å²) in [5.74, 6) is 0. The Hall–Kier alpha value is -1.12. The summed E-state index contributed by atoms with van der Waals surface area (Å²) in [7, 11) is 0. The Kier molecular flexibility index (Phi) is 1.12. The molecule has 0 aromatic carbocycles. The number of carbonyl (C=O) groups is 1. The quantitative estimate of drug-likeness (QED) is 0.488. The molecule has 3 nitrogen and oxygen atoms in total. The van der Waals surface area contributed by atoms with Crippen LogP contribution in [-0.4, -0.2) is 18.1 Å². The summed E-state index contributed by atoms with van der Waals surface area (Å²) in [6.45, 7) is 0. The number of hydrogen-bond donors (Lipinski definition) is 1. The van der Waals surface area contributed by atoms with Crippen molar-refractivity contribution in [2.24, 2.45) is 0 Å². The Labute approximate surface area is 46.5 Å². The van der Waals surface area contributed by atoms with Crippen molar-refractivity contribution in [2.45, 2.75) is 6.10 Å². The van der Waals surface area contributed by atoms with Crippen molar-refractivity contribution >= 4 is 12.0 Å². The first-order valence-corrected chi connectivity index (χ1v) is 2.20. The van der Waals surface area contributed by atoms with Crippen LogP contribution in [0.1, 0.15) is 0 Å². The molecule has 1 heterocycles. The van der Waals surface area contributed by atoms with Gasteiger partial charge in [-0.1, -0.05) is 0 Å². The van der Waals surface area contributed by atoms with Crippen LogP contribution in [0, 0.1) is 5.41 Å².